The molecule has 8 fully saturated rings. The highest BCUT2D eigenvalue weighted by molar-refractivity contribution is 5.67. The first-order valence-electron chi connectivity index (χ1n) is 32.6. The Balaban J connectivity index is 0.830. The van der Waals surface area contributed by atoms with Gasteiger partial charge in [-0.25, -0.2) is 0 Å². The van der Waals surface area contributed by atoms with E-state index in [0.717, 1.165) is 105 Å². The summed E-state index contributed by atoms with van der Waals surface area (Å²) in [6, 6.07) is 82.5. The fourth-order valence-electron chi connectivity index (χ4n) is 20.3. The van der Waals surface area contributed by atoms with Crippen molar-refractivity contribution in [1.29, 1.82) is 0 Å². The van der Waals surface area contributed by atoms with Gasteiger partial charge in [0.2, 0.25) is 0 Å². The first kappa shape index (κ1) is 56.8. The number of rotatable bonds is 4. The zero-order valence-electron chi connectivity index (χ0n) is 52.4. The van der Waals surface area contributed by atoms with Gasteiger partial charge in [0.1, 0.15) is 0 Å². The number of benzene rings is 9. The second-order valence-corrected chi connectivity index (χ2v) is 29.7. The Morgan fingerprint density at radius 1 is 0.200 bits per heavy atom. The zero-order valence-corrected chi connectivity index (χ0v) is 52.4. The molecular weight excluding hydrogens is 1080 g/mol. The molecular formula is C90H74. The summed E-state index contributed by atoms with van der Waals surface area (Å²) in [4.78, 5) is 0. The SMILES string of the molecule is CC12CC3(C)CC(c4ccc(C56CC7(C)CC(C)(C5)CC(c5cc(C#Cc8ccccc8)c(C#Cc8ccccc8)c(C#Cc8ccccc8)c5)(C7)C6)cc4)(C1)CC(c1cc(C#Cc4ccccc4)c(C#Cc4ccccc4)c(C#Cc4ccccc4)c1)(C2)C3. The van der Waals surface area contributed by atoms with E-state index in [1.165, 1.54) is 60.8 Å². The van der Waals surface area contributed by atoms with Crippen LogP contribution in [0.3, 0.4) is 0 Å². The van der Waals surface area contributed by atoms with Crippen LogP contribution in [0.1, 0.15) is 194 Å². The molecule has 0 aromatic heterocycles. The van der Waals surface area contributed by atoms with E-state index < -0.39 is 0 Å². The molecule has 9 aromatic rings. The number of hydrogen-bond donors (Lipinski definition) is 0. The molecule has 0 heterocycles. The highest BCUT2D eigenvalue weighted by Crippen LogP contribution is 2.76. The summed E-state index contributed by atoms with van der Waals surface area (Å²) in [6.45, 7) is 10.5. The lowest BCUT2D eigenvalue weighted by molar-refractivity contribution is -0.128. The summed E-state index contributed by atoms with van der Waals surface area (Å²) in [5.74, 6) is 43.5. The van der Waals surface area contributed by atoms with Crippen LogP contribution in [0.2, 0.25) is 0 Å². The molecule has 0 radical (unpaired) electrons. The van der Waals surface area contributed by atoms with Gasteiger partial charge in [0, 0.05) is 55.6 Å². The van der Waals surface area contributed by atoms with E-state index in [0.29, 0.717) is 0 Å². The highest BCUT2D eigenvalue weighted by atomic mass is 14.7. The van der Waals surface area contributed by atoms with Gasteiger partial charge >= 0.3 is 0 Å². The molecule has 0 amide bonds. The van der Waals surface area contributed by atoms with Gasteiger partial charge in [-0.15, -0.1) is 0 Å². The average molecular weight is 1160 g/mol. The summed E-state index contributed by atoms with van der Waals surface area (Å²) >= 11 is 0. The Bertz CT molecular complexity index is 4170. The fraction of sp³-hybridized carbons (Fsp3) is 0.267. The van der Waals surface area contributed by atoms with Crippen LogP contribution in [0, 0.1) is 92.7 Å². The molecule has 4 unspecified atom stereocenters. The van der Waals surface area contributed by atoms with Crippen LogP contribution in [-0.4, -0.2) is 0 Å². The van der Waals surface area contributed by atoms with Crippen molar-refractivity contribution in [3.05, 3.63) is 320 Å². The molecule has 8 aliphatic rings. The molecule has 434 valence electrons. The van der Waals surface area contributed by atoms with Gasteiger partial charge in [-0.1, -0.05) is 232 Å². The zero-order chi connectivity index (χ0) is 61.1. The summed E-state index contributed by atoms with van der Waals surface area (Å²) in [7, 11) is 0. The van der Waals surface area contributed by atoms with E-state index in [1.54, 1.807) is 0 Å². The molecule has 17 rings (SSSR count). The first-order valence-corrected chi connectivity index (χ1v) is 32.6. The molecule has 0 heteroatoms. The summed E-state index contributed by atoms with van der Waals surface area (Å²) in [6.07, 6.45) is 14.2. The molecule has 8 aliphatic carbocycles. The Kier molecular flexibility index (Phi) is 14.0. The highest BCUT2D eigenvalue weighted by Gasteiger charge is 2.68. The smallest absolute Gasteiger partial charge is 0.0562 e. The third-order valence-corrected chi connectivity index (χ3v) is 21.5. The topological polar surface area (TPSA) is 0 Å². The Morgan fingerprint density at radius 2 is 0.400 bits per heavy atom. The standard InChI is InChI=1S/C90H74/c1-83-55-84(2)58-87(57-83,65-89(61-83,62-84)79-51-73(41-35-67-23-11-5-12-24-67)81(49-39-71-31-19-9-20-32-71)74(52-79)42-36-68-25-13-6-14-26-68)77-45-47-78(48-46-77)88-59-85(3)56-86(4,60-88)64-90(63-85,66-88)80-53-75(43-37-69-27-15-7-16-28-69)82(50-40-72-33-21-10-22-34-72)76(54-80)44-38-70-29-17-8-18-30-70/h5-34,45-48,51-54H,55-66H2,1-4H3. The van der Waals surface area contributed by atoms with Crippen molar-refractivity contribution in [2.24, 2.45) is 21.7 Å². The van der Waals surface area contributed by atoms with Gasteiger partial charge in [-0.3, -0.25) is 0 Å². The van der Waals surface area contributed by atoms with Gasteiger partial charge in [-0.05, 0) is 240 Å². The molecule has 0 saturated heterocycles. The molecule has 8 bridgehead atoms. The first-order chi connectivity index (χ1) is 43.7. The summed E-state index contributed by atoms with van der Waals surface area (Å²) in [5, 5.41) is 0. The third-order valence-electron chi connectivity index (χ3n) is 21.5. The van der Waals surface area contributed by atoms with Crippen LogP contribution in [-0.2, 0) is 21.7 Å². The van der Waals surface area contributed by atoms with E-state index in [-0.39, 0.29) is 43.3 Å². The molecule has 9 aromatic carbocycles. The fourth-order valence-corrected chi connectivity index (χ4v) is 20.3. The molecule has 4 atom stereocenters. The lowest BCUT2D eigenvalue weighted by atomic mass is 9.34. The summed E-state index contributed by atoms with van der Waals surface area (Å²) in [5.41, 5.74) is 17.9. The van der Waals surface area contributed by atoms with Crippen LogP contribution in [0.25, 0.3) is 0 Å². The number of hydrogen-bond acceptors (Lipinski definition) is 0. The third kappa shape index (κ3) is 11.0. The van der Waals surface area contributed by atoms with Crippen molar-refractivity contribution in [3.8, 4) is 71.0 Å². The van der Waals surface area contributed by atoms with Crippen molar-refractivity contribution in [2.75, 3.05) is 0 Å². The van der Waals surface area contributed by atoms with Crippen LogP contribution >= 0.6 is 0 Å². The Hall–Kier alpha value is -9.66. The normalized spacial score (nSPS) is 27.5. The maximum Gasteiger partial charge on any atom is 0.0562 e. The minimum atomic E-state index is -0.0680. The quantitative estimate of drug-likeness (QED) is 0.154. The van der Waals surface area contributed by atoms with Crippen LogP contribution < -0.4 is 0 Å². The van der Waals surface area contributed by atoms with Gasteiger partial charge in [-0.2, -0.15) is 0 Å². The van der Waals surface area contributed by atoms with E-state index in [4.69, 9.17) is 0 Å². The molecule has 8 saturated carbocycles. The van der Waals surface area contributed by atoms with E-state index >= 15 is 0 Å². The minimum Gasteiger partial charge on any atom is -0.0622 e. The van der Waals surface area contributed by atoms with E-state index in [2.05, 4.69) is 317 Å². The van der Waals surface area contributed by atoms with Crippen molar-refractivity contribution in [2.45, 2.75) is 126 Å². The Labute approximate surface area is 535 Å². The van der Waals surface area contributed by atoms with Gasteiger partial charge in [0.05, 0.1) is 11.1 Å². The van der Waals surface area contributed by atoms with Crippen LogP contribution in [0.5, 0.6) is 0 Å². The van der Waals surface area contributed by atoms with E-state index in [9.17, 15) is 0 Å². The molecule has 0 aliphatic heterocycles. The van der Waals surface area contributed by atoms with Crippen molar-refractivity contribution in [3.63, 3.8) is 0 Å². The predicted octanol–water partition coefficient (Wildman–Crippen LogP) is 19.2. The maximum absolute atomic E-state index is 3.72. The molecule has 0 spiro atoms. The molecule has 0 N–H and O–H groups in total. The minimum absolute atomic E-state index is 0.0223. The van der Waals surface area contributed by atoms with Gasteiger partial charge in [0.25, 0.3) is 0 Å². The van der Waals surface area contributed by atoms with Crippen molar-refractivity contribution >= 4 is 0 Å². The second-order valence-electron chi connectivity index (χ2n) is 29.7. The summed E-state index contributed by atoms with van der Waals surface area (Å²) < 4.78 is 0. The molecule has 90 heavy (non-hydrogen) atoms. The van der Waals surface area contributed by atoms with E-state index in [1.807, 2.05) is 12.1 Å². The van der Waals surface area contributed by atoms with Gasteiger partial charge < -0.3 is 0 Å². The second kappa shape index (κ2) is 22.1. The maximum atomic E-state index is 3.72. The van der Waals surface area contributed by atoms with Crippen LogP contribution in [0.4, 0.5) is 0 Å². The van der Waals surface area contributed by atoms with Crippen molar-refractivity contribution < 1.29 is 0 Å². The average Bonchev–Trinajstić information content (AvgIpc) is 0.687. The lowest BCUT2D eigenvalue weighted by Gasteiger charge is -2.70. The Morgan fingerprint density at radius 3 is 0.622 bits per heavy atom. The molecule has 0 nitrogen and oxygen atoms in total. The monoisotopic (exact) mass is 1150 g/mol. The predicted molar refractivity (Wildman–Crippen MR) is 368 cm³/mol. The van der Waals surface area contributed by atoms with Crippen LogP contribution in [0.15, 0.2) is 231 Å². The van der Waals surface area contributed by atoms with Gasteiger partial charge in [0.15, 0.2) is 0 Å². The van der Waals surface area contributed by atoms with Crippen molar-refractivity contribution in [1.82, 2.24) is 0 Å². The lowest BCUT2D eigenvalue weighted by Crippen LogP contribution is -2.63. The largest absolute Gasteiger partial charge is 0.0622 e.